The van der Waals surface area contributed by atoms with Crippen LogP contribution in [0.2, 0.25) is 0 Å². The minimum Gasteiger partial charge on any atom is -0.508 e. The van der Waals surface area contributed by atoms with E-state index < -0.39 is 182 Å². The summed E-state index contributed by atoms with van der Waals surface area (Å²) in [5, 5.41) is 57.7. The van der Waals surface area contributed by atoms with Crippen LogP contribution in [0.1, 0.15) is 90.2 Å². The molecule has 0 bridgehead atoms. The molecule has 0 radical (unpaired) electrons. The minimum atomic E-state index is -1.96. The molecule has 0 saturated heterocycles. The Morgan fingerprint density at radius 3 is 1.17 bits per heavy atom. The number of phenols is 2. The molecular formula is C51H74N12O17S. The highest BCUT2D eigenvalue weighted by molar-refractivity contribution is 7.80. The van der Waals surface area contributed by atoms with Crippen LogP contribution in [0, 0.1) is 11.8 Å². The zero-order chi connectivity index (χ0) is 61.3. The first-order chi connectivity index (χ1) is 37.9. The van der Waals surface area contributed by atoms with E-state index in [9.17, 15) is 82.8 Å². The average Bonchev–Trinajstić information content (AvgIpc) is 3.36. The van der Waals surface area contributed by atoms with Gasteiger partial charge < -0.3 is 85.9 Å². The van der Waals surface area contributed by atoms with Gasteiger partial charge in [0.1, 0.15) is 59.8 Å². The van der Waals surface area contributed by atoms with E-state index in [-0.39, 0.29) is 42.6 Å². The molecule has 0 aliphatic heterocycles. The molecule has 0 aliphatic rings. The molecule has 0 fully saturated rings. The summed E-state index contributed by atoms with van der Waals surface area (Å²) in [4.78, 5) is 170. The number of carbonyl (C=O) groups excluding carboxylic acids is 11. The van der Waals surface area contributed by atoms with Crippen LogP contribution in [0.25, 0.3) is 0 Å². The lowest BCUT2D eigenvalue weighted by Gasteiger charge is -2.28. The van der Waals surface area contributed by atoms with E-state index in [4.69, 9.17) is 22.9 Å². The predicted molar refractivity (Wildman–Crippen MR) is 290 cm³/mol. The molecule has 0 aromatic heterocycles. The molecule has 0 unspecified atom stereocenters. The smallest absolute Gasteiger partial charge is 0.326 e. The molecule has 30 heteroatoms. The molecule has 9 atom stereocenters. The number of hydrogen-bond donors (Lipinski definition) is 17. The third-order valence-electron chi connectivity index (χ3n) is 11.9. The normalized spacial score (nSPS) is 14.4. The lowest BCUT2D eigenvalue weighted by molar-refractivity contribution is -0.143. The first-order valence-corrected chi connectivity index (χ1v) is 26.2. The van der Waals surface area contributed by atoms with Gasteiger partial charge in [0.05, 0.1) is 18.9 Å². The Morgan fingerprint density at radius 1 is 0.432 bits per heavy atom. The molecule has 0 aliphatic carbocycles. The number of hydrogen-bond acceptors (Lipinski definition) is 17. The van der Waals surface area contributed by atoms with E-state index >= 15 is 0 Å². The van der Waals surface area contributed by atoms with Crippen LogP contribution in [-0.2, 0) is 75.2 Å². The number of nitrogens with one attached hydrogen (secondary N) is 8. The van der Waals surface area contributed by atoms with E-state index in [0.29, 0.717) is 11.1 Å². The van der Waals surface area contributed by atoms with E-state index in [1.54, 1.807) is 13.8 Å². The molecule has 0 saturated carbocycles. The maximum atomic E-state index is 14.2. The Labute approximate surface area is 471 Å². The number of carboxylic acids is 2. The number of aliphatic carboxylic acids is 2. The van der Waals surface area contributed by atoms with Crippen molar-refractivity contribution in [3.8, 4) is 11.5 Å². The summed E-state index contributed by atoms with van der Waals surface area (Å²) in [5.41, 5.74) is 22.8. The van der Waals surface area contributed by atoms with E-state index in [1.807, 2.05) is 13.8 Å². The molecule has 0 heterocycles. The Balaban J connectivity index is 2.51. The van der Waals surface area contributed by atoms with Gasteiger partial charge in [-0.1, -0.05) is 52.0 Å². The van der Waals surface area contributed by atoms with Crippen LogP contribution >= 0.6 is 12.6 Å². The standard InChI is InChI=1S/C51H74N12O17S/c1-24(2)17-30(52)43(71)58-34(19-26-5-9-28(64)10-6-26)47(75)56-31(13-15-39(53)66)44(72)59-33(18-25(3)4)46(74)57-32(14-16-42(69)70)45(73)61-36(21-40(54)67)49(77)60-35(20-27-7-11-29(65)12-8-27)48(76)63-38(23-81)50(78)62-37(51(79)80)22-41(55)68/h5-12,24-25,30-38,64-65,81H,13-23,52H2,1-4H3,(H2,53,66)(H2,54,67)(H2,55,68)(H,56,75)(H,57,74)(H,58,71)(H,59,72)(H,60,77)(H,61,73)(H,62,78)(H,63,76)(H,69,70)(H,79,80)/t30-,31-,32-,33-,34-,35-,36-,37-,38-/m0/s1. The molecule has 446 valence electrons. The van der Waals surface area contributed by atoms with Crippen molar-refractivity contribution in [2.24, 2.45) is 34.8 Å². The first kappa shape index (κ1) is 68.6. The summed E-state index contributed by atoms with van der Waals surface area (Å²) in [6.45, 7) is 6.98. The zero-order valence-electron chi connectivity index (χ0n) is 45.1. The fourth-order valence-electron chi connectivity index (χ4n) is 7.75. The number of primary amides is 3. The predicted octanol–water partition coefficient (Wildman–Crippen LogP) is -3.92. The molecule has 81 heavy (non-hydrogen) atoms. The summed E-state index contributed by atoms with van der Waals surface area (Å²) >= 11 is 4.06. The fraction of sp³-hybridized carbons (Fsp3) is 0.510. The van der Waals surface area contributed by atoms with E-state index in [0.717, 1.165) is 0 Å². The van der Waals surface area contributed by atoms with E-state index in [1.165, 1.54) is 48.5 Å². The number of carbonyl (C=O) groups is 13. The van der Waals surface area contributed by atoms with Gasteiger partial charge in [-0.05, 0) is 72.9 Å². The second kappa shape index (κ2) is 33.8. The van der Waals surface area contributed by atoms with Gasteiger partial charge in [0.15, 0.2) is 0 Å². The van der Waals surface area contributed by atoms with Crippen LogP contribution in [0.3, 0.4) is 0 Å². The van der Waals surface area contributed by atoms with Crippen LogP contribution < -0.4 is 65.5 Å². The molecule has 20 N–H and O–H groups in total. The Kier molecular flexibility index (Phi) is 28.6. The van der Waals surface area contributed by atoms with Gasteiger partial charge in [-0.2, -0.15) is 12.6 Å². The van der Waals surface area contributed by atoms with Crippen molar-refractivity contribution < 1.29 is 82.8 Å². The third kappa shape index (κ3) is 25.9. The van der Waals surface area contributed by atoms with Crippen molar-refractivity contribution in [3.63, 3.8) is 0 Å². The van der Waals surface area contributed by atoms with Crippen molar-refractivity contribution in [2.45, 2.75) is 146 Å². The second-order valence-electron chi connectivity index (χ2n) is 19.9. The van der Waals surface area contributed by atoms with Crippen LogP contribution in [-0.4, -0.2) is 157 Å². The Hall–Kier alpha value is -8.54. The SMILES string of the molecule is CC(C)C[C@H](NC(=O)[C@H](CCC(N)=O)NC(=O)[C@H](Cc1ccc(O)cc1)NC(=O)[C@@H](N)CC(C)C)C(=O)N[C@@H](CCC(=O)O)C(=O)N[C@@H](CC(N)=O)C(=O)N[C@@H](Cc1ccc(O)cc1)C(=O)N[C@@H](CS)C(=O)N[C@@H](CC(N)=O)C(=O)O. The van der Waals surface area contributed by atoms with Gasteiger partial charge in [-0.3, -0.25) is 57.5 Å². The highest BCUT2D eigenvalue weighted by atomic mass is 32.1. The summed E-state index contributed by atoms with van der Waals surface area (Å²) in [7, 11) is 0. The average molecular weight is 1160 g/mol. The monoisotopic (exact) mass is 1160 g/mol. The van der Waals surface area contributed by atoms with Gasteiger partial charge in [0, 0.05) is 31.4 Å². The highest BCUT2D eigenvalue weighted by Gasteiger charge is 2.36. The van der Waals surface area contributed by atoms with Crippen molar-refractivity contribution in [3.05, 3.63) is 59.7 Å². The Bertz CT molecular complexity index is 2570. The number of carboxylic acid groups (broad SMARTS) is 2. The number of amides is 11. The number of rotatable bonds is 36. The van der Waals surface area contributed by atoms with E-state index in [2.05, 4.69) is 55.2 Å². The molecule has 0 spiro atoms. The third-order valence-corrected chi connectivity index (χ3v) is 12.3. The number of aromatic hydroxyl groups is 2. The number of benzene rings is 2. The van der Waals surface area contributed by atoms with Crippen molar-refractivity contribution in [1.29, 1.82) is 0 Å². The van der Waals surface area contributed by atoms with Gasteiger partial charge in [0.2, 0.25) is 65.0 Å². The van der Waals surface area contributed by atoms with Crippen LogP contribution in [0.15, 0.2) is 48.5 Å². The number of phenolic OH excluding ortho intramolecular Hbond substituents is 2. The lowest BCUT2D eigenvalue weighted by Crippen LogP contribution is -2.61. The van der Waals surface area contributed by atoms with Gasteiger partial charge in [-0.15, -0.1) is 0 Å². The first-order valence-electron chi connectivity index (χ1n) is 25.5. The molecule has 11 amide bonds. The van der Waals surface area contributed by atoms with Crippen LogP contribution in [0.4, 0.5) is 0 Å². The summed E-state index contributed by atoms with van der Waals surface area (Å²) in [6.07, 6.45) is -4.56. The molecule has 2 rings (SSSR count). The molecule has 2 aromatic carbocycles. The maximum absolute atomic E-state index is 14.2. The van der Waals surface area contributed by atoms with Gasteiger partial charge >= 0.3 is 11.9 Å². The van der Waals surface area contributed by atoms with Crippen molar-refractivity contribution in [1.82, 2.24) is 42.5 Å². The summed E-state index contributed by atoms with van der Waals surface area (Å²) in [6, 6.07) is -3.59. The Morgan fingerprint density at radius 2 is 0.765 bits per heavy atom. The molecule has 2 aromatic rings. The topological polar surface area (TPSA) is 503 Å². The fourth-order valence-corrected chi connectivity index (χ4v) is 8.01. The maximum Gasteiger partial charge on any atom is 0.326 e. The summed E-state index contributed by atoms with van der Waals surface area (Å²) < 4.78 is 0. The van der Waals surface area contributed by atoms with Crippen molar-refractivity contribution in [2.75, 3.05) is 5.75 Å². The van der Waals surface area contributed by atoms with Crippen molar-refractivity contribution >= 4 is 89.5 Å². The molecular weight excluding hydrogens is 1080 g/mol. The largest absolute Gasteiger partial charge is 0.508 e. The second-order valence-corrected chi connectivity index (χ2v) is 20.3. The highest BCUT2D eigenvalue weighted by Crippen LogP contribution is 2.16. The number of thiol groups is 1. The van der Waals surface area contributed by atoms with Gasteiger partial charge in [0.25, 0.3) is 0 Å². The summed E-state index contributed by atoms with van der Waals surface area (Å²) in [5.74, 6) is -15.9. The zero-order valence-corrected chi connectivity index (χ0v) is 46.0. The van der Waals surface area contributed by atoms with Crippen LogP contribution in [0.5, 0.6) is 11.5 Å². The quantitative estimate of drug-likeness (QED) is 0.0290. The minimum absolute atomic E-state index is 0.00410. The van der Waals surface area contributed by atoms with Gasteiger partial charge in [-0.25, -0.2) is 4.79 Å². The lowest BCUT2D eigenvalue weighted by atomic mass is 10.00. The molecule has 29 nitrogen and oxygen atoms in total. The number of nitrogens with two attached hydrogens (primary N) is 4.